The summed E-state index contributed by atoms with van der Waals surface area (Å²) in [7, 11) is 0. The molecule has 0 bridgehead atoms. The van der Waals surface area contributed by atoms with Crippen molar-refractivity contribution in [3.05, 3.63) is 65.9 Å². The van der Waals surface area contributed by atoms with E-state index in [1.165, 1.54) is 18.6 Å². The Hall–Kier alpha value is -2.23. The van der Waals surface area contributed by atoms with Gasteiger partial charge < -0.3 is 0 Å². The van der Waals surface area contributed by atoms with Crippen molar-refractivity contribution in [1.29, 1.82) is 0 Å². The van der Waals surface area contributed by atoms with Crippen LogP contribution in [0.3, 0.4) is 0 Å². The molecule has 2 heterocycles. The van der Waals surface area contributed by atoms with E-state index < -0.39 is 0 Å². The molecule has 4 rings (SSSR count). The van der Waals surface area contributed by atoms with E-state index in [2.05, 4.69) is 10.1 Å². The lowest BCUT2D eigenvalue weighted by atomic mass is 9.62. The molecule has 2 aromatic heterocycles. The van der Waals surface area contributed by atoms with E-state index in [1.807, 2.05) is 30.5 Å². The second-order valence-corrected chi connectivity index (χ2v) is 5.39. The van der Waals surface area contributed by atoms with Gasteiger partial charge in [-0.1, -0.05) is 18.6 Å². The van der Waals surface area contributed by atoms with Crippen molar-refractivity contribution in [3.8, 4) is 0 Å². The van der Waals surface area contributed by atoms with E-state index in [1.54, 1.807) is 10.7 Å². The van der Waals surface area contributed by atoms with Gasteiger partial charge in [-0.05, 0) is 36.6 Å². The molecule has 0 N–H and O–H groups in total. The summed E-state index contributed by atoms with van der Waals surface area (Å²) in [5.74, 6) is -0.195. The summed E-state index contributed by atoms with van der Waals surface area (Å²) in [6, 6.07) is 10.7. The van der Waals surface area contributed by atoms with Crippen LogP contribution in [0.25, 0.3) is 5.65 Å². The third kappa shape index (κ3) is 1.57. The normalized spacial score (nSPS) is 17.1. The molecular formula is C16H14FN3. The van der Waals surface area contributed by atoms with Gasteiger partial charge in [0.25, 0.3) is 0 Å². The van der Waals surface area contributed by atoms with Crippen LogP contribution in [0.2, 0.25) is 0 Å². The van der Waals surface area contributed by atoms with Gasteiger partial charge in [-0.2, -0.15) is 5.10 Å². The second kappa shape index (κ2) is 4.13. The van der Waals surface area contributed by atoms with E-state index in [9.17, 15) is 4.39 Å². The van der Waals surface area contributed by atoms with Crippen LogP contribution in [0.1, 0.15) is 30.5 Å². The fraction of sp³-hybridized carbons (Fsp3) is 0.250. The Bertz CT molecular complexity index is 724. The summed E-state index contributed by atoms with van der Waals surface area (Å²) >= 11 is 0. The van der Waals surface area contributed by atoms with Gasteiger partial charge in [0.2, 0.25) is 0 Å². The molecule has 0 aliphatic heterocycles. The number of aromatic nitrogens is 3. The second-order valence-electron chi connectivity index (χ2n) is 5.39. The van der Waals surface area contributed by atoms with E-state index in [4.69, 9.17) is 0 Å². The van der Waals surface area contributed by atoms with Crippen molar-refractivity contribution in [3.63, 3.8) is 0 Å². The van der Waals surface area contributed by atoms with E-state index in [-0.39, 0.29) is 11.2 Å². The molecule has 100 valence electrons. The Morgan fingerprint density at radius 1 is 1.15 bits per heavy atom. The lowest BCUT2D eigenvalue weighted by molar-refractivity contribution is 0.292. The van der Waals surface area contributed by atoms with Gasteiger partial charge in [-0.3, -0.25) is 0 Å². The minimum absolute atomic E-state index is 0.0681. The first-order valence-corrected chi connectivity index (χ1v) is 6.85. The van der Waals surface area contributed by atoms with Gasteiger partial charge in [-0.25, -0.2) is 13.9 Å². The first-order valence-electron chi connectivity index (χ1n) is 6.85. The largest absolute Gasteiger partial charge is 0.237 e. The van der Waals surface area contributed by atoms with Gasteiger partial charge in [0, 0.05) is 23.9 Å². The van der Waals surface area contributed by atoms with Crippen LogP contribution in [-0.2, 0) is 5.41 Å². The summed E-state index contributed by atoms with van der Waals surface area (Å²) in [6.45, 7) is 0. The van der Waals surface area contributed by atoms with Crippen LogP contribution in [-0.4, -0.2) is 14.6 Å². The first-order chi connectivity index (χ1) is 9.78. The highest BCUT2D eigenvalue weighted by atomic mass is 19.1. The van der Waals surface area contributed by atoms with E-state index in [0.29, 0.717) is 0 Å². The van der Waals surface area contributed by atoms with Crippen molar-refractivity contribution in [1.82, 2.24) is 14.6 Å². The Morgan fingerprint density at radius 3 is 2.60 bits per heavy atom. The molecule has 0 unspecified atom stereocenters. The molecule has 0 saturated heterocycles. The van der Waals surface area contributed by atoms with Gasteiger partial charge in [0.15, 0.2) is 5.65 Å². The Morgan fingerprint density at radius 2 is 1.95 bits per heavy atom. The summed E-state index contributed by atoms with van der Waals surface area (Å²) in [5, 5.41) is 4.67. The standard InChI is InChI=1S/C16H14FN3/c17-13-5-3-12(4-6-13)16(7-1-8-16)14-11-15-18-9-2-10-20(15)19-14/h2-6,9-11H,1,7-8H2. The fourth-order valence-corrected chi connectivity index (χ4v) is 3.06. The maximum Gasteiger partial charge on any atom is 0.155 e. The molecule has 4 heteroatoms. The topological polar surface area (TPSA) is 30.2 Å². The average molecular weight is 267 g/mol. The molecule has 1 fully saturated rings. The monoisotopic (exact) mass is 267 g/mol. The predicted molar refractivity (Wildman–Crippen MR) is 74.0 cm³/mol. The molecule has 0 radical (unpaired) electrons. The van der Waals surface area contributed by atoms with Crippen molar-refractivity contribution in [2.75, 3.05) is 0 Å². The van der Waals surface area contributed by atoms with E-state index in [0.717, 1.165) is 29.7 Å². The molecule has 0 atom stereocenters. The molecule has 1 aromatic carbocycles. The molecule has 1 saturated carbocycles. The lowest BCUT2D eigenvalue weighted by Crippen LogP contribution is -2.35. The third-order valence-electron chi connectivity index (χ3n) is 4.33. The van der Waals surface area contributed by atoms with Crippen LogP contribution in [0.15, 0.2) is 48.8 Å². The molecule has 0 amide bonds. The van der Waals surface area contributed by atoms with Gasteiger partial charge in [0.05, 0.1) is 5.69 Å². The Kier molecular flexibility index (Phi) is 2.39. The maximum absolute atomic E-state index is 13.1. The SMILES string of the molecule is Fc1ccc(C2(c3cc4ncccn4n3)CCC2)cc1. The van der Waals surface area contributed by atoms with Crippen LogP contribution in [0.4, 0.5) is 4.39 Å². The number of fused-ring (bicyclic) bond motifs is 1. The quantitative estimate of drug-likeness (QED) is 0.713. The molecule has 1 aliphatic rings. The molecule has 3 nitrogen and oxygen atoms in total. The zero-order valence-corrected chi connectivity index (χ0v) is 11.0. The highest BCUT2D eigenvalue weighted by Gasteiger charge is 2.42. The Balaban J connectivity index is 1.86. The summed E-state index contributed by atoms with van der Waals surface area (Å²) in [5.41, 5.74) is 2.97. The molecule has 0 spiro atoms. The van der Waals surface area contributed by atoms with Crippen LogP contribution >= 0.6 is 0 Å². The number of halogens is 1. The minimum atomic E-state index is -0.195. The van der Waals surface area contributed by atoms with Crippen molar-refractivity contribution in [2.24, 2.45) is 0 Å². The third-order valence-corrected chi connectivity index (χ3v) is 4.33. The maximum atomic E-state index is 13.1. The fourth-order valence-electron chi connectivity index (χ4n) is 3.06. The van der Waals surface area contributed by atoms with Crippen LogP contribution in [0.5, 0.6) is 0 Å². The first kappa shape index (κ1) is 11.6. The number of benzene rings is 1. The smallest absolute Gasteiger partial charge is 0.155 e. The minimum Gasteiger partial charge on any atom is -0.237 e. The summed E-state index contributed by atoms with van der Waals surface area (Å²) in [4.78, 5) is 4.32. The van der Waals surface area contributed by atoms with Gasteiger partial charge >= 0.3 is 0 Å². The summed E-state index contributed by atoms with van der Waals surface area (Å²) < 4.78 is 14.9. The molecule has 20 heavy (non-hydrogen) atoms. The van der Waals surface area contributed by atoms with Gasteiger partial charge in [-0.15, -0.1) is 0 Å². The molecular weight excluding hydrogens is 253 g/mol. The highest BCUT2D eigenvalue weighted by Crippen LogP contribution is 2.48. The molecule has 1 aliphatic carbocycles. The molecule has 3 aromatic rings. The average Bonchev–Trinajstić information content (AvgIpc) is 2.83. The highest BCUT2D eigenvalue weighted by molar-refractivity contribution is 5.46. The van der Waals surface area contributed by atoms with Crippen molar-refractivity contribution < 1.29 is 4.39 Å². The van der Waals surface area contributed by atoms with Crippen LogP contribution < -0.4 is 0 Å². The number of nitrogens with zero attached hydrogens (tertiary/aromatic N) is 3. The van der Waals surface area contributed by atoms with Crippen LogP contribution in [0, 0.1) is 5.82 Å². The predicted octanol–water partition coefficient (Wildman–Crippen LogP) is 3.34. The Labute approximate surface area is 116 Å². The van der Waals surface area contributed by atoms with Crippen molar-refractivity contribution >= 4 is 5.65 Å². The van der Waals surface area contributed by atoms with Gasteiger partial charge in [0.1, 0.15) is 5.82 Å². The number of hydrogen-bond acceptors (Lipinski definition) is 2. The summed E-state index contributed by atoms with van der Waals surface area (Å²) in [6.07, 6.45) is 6.97. The lowest BCUT2D eigenvalue weighted by Gasteiger charge is -2.41. The van der Waals surface area contributed by atoms with Crippen molar-refractivity contribution in [2.45, 2.75) is 24.7 Å². The van der Waals surface area contributed by atoms with E-state index >= 15 is 0 Å². The number of rotatable bonds is 2. The number of hydrogen-bond donors (Lipinski definition) is 0. The zero-order valence-electron chi connectivity index (χ0n) is 11.0. The zero-order chi connectivity index (χ0) is 13.6.